The number of ether oxygens (including phenoxy) is 1. The maximum absolute atomic E-state index is 12.9. The summed E-state index contributed by atoms with van der Waals surface area (Å²) in [6, 6.07) is 8.28. The first-order valence-corrected chi connectivity index (χ1v) is 11.6. The Morgan fingerprint density at radius 2 is 1.89 bits per heavy atom. The number of nitrogens with one attached hydrogen (secondary N) is 2. The SMILES string of the molecule is Cc1ccc(C2OCCCC2CNC(=O)C2(S(C)(=O)=O)CCNCC2)cc1.Cl. The van der Waals surface area contributed by atoms with Crippen molar-refractivity contribution in [1.82, 2.24) is 10.6 Å². The third kappa shape index (κ3) is 4.87. The highest BCUT2D eigenvalue weighted by atomic mass is 35.5. The van der Waals surface area contributed by atoms with Crippen molar-refractivity contribution in [1.29, 1.82) is 0 Å². The molecule has 0 aliphatic carbocycles. The second-order valence-corrected chi connectivity index (χ2v) is 10.2. The van der Waals surface area contributed by atoms with Crippen LogP contribution in [0.4, 0.5) is 0 Å². The number of carbonyl (C=O) groups is 1. The van der Waals surface area contributed by atoms with Gasteiger partial charge in [-0.05, 0) is 51.3 Å². The van der Waals surface area contributed by atoms with Crippen LogP contribution in [-0.2, 0) is 19.4 Å². The Hall–Kier alpha value is -1.15. The second kappa shape index (κ2) is 9.57. The van der Waals surface area contributed by atoms with Gasteiger partial charge in [0.05, 0.1) is 6.10 Å². The molecule has 158 valence electrons. The van der Waals surface area contributed by atoms with Crippen LogP contribution in [0.15, 0.2) is 24.3 Å². The molecule has 2 unspecified atom stereocenters. The lowest BCUT2D eigenvalue weighted by Crippen LogP contribution is -2.58. The number of halogens is 1. The van der Waals surface area contributed by atoms with Gasteiger partial charge in [-0.25, -0.2) is 8.42 Å². The van der Waals surface area contributed by atoms with Crippen molar-refractivity contribution in [2.45, 2.75) is 43.5 Å². The van der Waals surface area contributed by atoms with Gasteiger partial charge in [0.1, 0.15) is 0 Å². The van der Waals surface area contributed by atoms with Crippen LogP contribution in [0.2, 0.25) is 0 Å². The molecule has 0 aromatic heterocycles. The summed E-state index contributed by atoms with van der Waals surface area (Å²) in [7, 11) is -3.49. The molecule has 0 radical (unpaired) electrons. The van der Waals surface area contributed by atoms with E-state index in [-0.39, 0.29) is 30.3 Å². The molecule has 1 aromatic rings. The fourth-order valence-corrected chi connectivity index (χ4v) is 5.51. The molecule has 2 heterocycles. The lowest BCUT2D eigenvalue weighted by Gasteiger charge is -2.36. The highest BCUT2D eigenvalue weighted by Crippen LogP contribution is 2.34. The van der Waals surface area contributed by atoms with Gasteiger partial charge in [-0.1, -0.05) is 29.8 Å². The van der Waals surface area contributed by atoms with Gasteiger partial charge in [-0.2, -0.15) is 0 Å². The normalized spacial score (nSPS) is 24.8. The quantitative estimate of drug-likeness (QED) is 0.747. The molecule has 2 N–H and O–H groups in total. The molecule has 2 aliphatic heterocycles. The van der Waals surface area contributed by atoms with Crippen molar-refractivity contribution >= 4 is 28.2 Å². The van der Waals surface area contributed by atoms with Crippen molar-refractivity contribution in [3.05, 3.63) is 35.4 Å². The van der Waals surface area contributed by atoms with Crippen LogP contribution >= 0.6 is 12.4 Å². The van der Waals surface area contributed by atoms with Crippen molar-refractivity contribution < 1.29 is 17.9 Å². The molecule has 0 bridgehead atoms. The topological polar surface area (TPSA) is 84.5 Å². The molecule has 28 heavy (non-hydrogen) atoms. The summed E-state index contributed by atoms with van der Waals surface area (Å²) in [4.78, 5) is 12.9. The van der Waals surface area contributed by atoms with Gasteiger partial charge in [0.15, 0.2) is 14.6 Å². The van der Waals surface area contributed by atoms with Crippen molar-refractivity contribution in [2.24, 2.45) is 5.92 Å². The molecule has 0 spiro atoms. The monoisotopic (exact) mass is 430 g/mol. The molecule has 0 saturated carbocycles. The maximum atomic E-state index is 12.9. The van der Waals surface area contributed by atoms with Crippen LogP contribution in [0.1, 0.15) is 42.9 Å². The number of sulfone groups is 1. The van der Waals surface area contributed by atoms with Gasteiger partial charge in [0.25, 0.3) is 0 Å². The molecule has 2 atom stereocenters. The number of aryl methyl sites for hydroxylation is 1. The number of hydrogen-bond donors (Lipinski definition) is 2. The highest BCUT2D eigenvalue weighted by molar-refractivity contribution is 7.92. The predicted octanol–water partition coefficient (Wildman–Crippen LogP) is 2.17. The van der Waals surface area contributed by atoms with Crippen LogP contribution in [0, 0.1) is 12.8 Å². The molecule has 8 heteroatoms. The third-order valence-electron chi connectivity index (χ3n) is 5.91. The molecule has 3 rings (SSSR count). The van der Waals surface area contributed by atoms with Crippen molar-refractivity contribution in [3.8, 4) is 0 Å². The molecular formula is C20H31ClN2O4S. The van der Waals surface area contributed by atoms with Gasteiger partial charge in [0, 0.05) is 25.3 Å². The summed E-state index contributed by atoms with van der Waals surface area (Å²) in [5, 5.41) is 6.10. The number of hydrogen-bond acceptors (Lipinski definition) is 5. The Bertz CT molecular complexity index is 761. The predicted molar refractivity (Wildman–Crippen MR) is 113 cm³/mol. The van der Waals surface area contributed by atoms with E-state index in [2.05, 4.69) is 34.9 Å². The Labute approximate surface area is 174 Å². The minimum atomic E-state index is -3.49. The van der Waals surface area contributed by atoms with Crippen LogP contribution in [0.25, 0.3) is 0 Å². The number of amides is 1. The largest absolute Gasteiger partial charge is 0.373 e. The smallest absolute Gasteiger partial charge is 0.241 e. The van der Waals surface area contributed by atoms with E-state index in [1.54, 1.807) is 0 Å². The number of carbonyl (C=O) groups excluding carboxylic acids is 1. The van der Waals surface area contributed by atoms with E-state index < -0.39 is 14.6 Å². The third-order valence-corrected chi connectivity index (χ3v) is 7.92. The lowest BCUT2D eigenvalue weighted by molar-refractivity contribution is -0.125. The van der Waals surface area contributed by atoms with E-state index >= 15 is 0 Å². The first-order chi connectivity index (χ1) is 12.8. The average molecular weight is 431 g/mol. The summed E-state index contributed by atoms with van der Waals surface area (Å²) >= 11 is 0. The van der Waals surface area contributed by atoms with Crippen LogP contribution in [-0.4, -0.2) is 51.6 Å². The standard InChI is InChI=1S/C20H30N2O4S.ClH/c1-15-5-7-16(8-6-15)18-17(4-3-13-26-18)14-22-19(23)20(27(2,24)25)9-11-21-12-10-20;/h5-8,17-18,21H,3-4,9-14H2,1-2H3,(H,22,23);1H. The zero-order chi connectivity index (χ0) is 19.5. The average Bonchev–Trinajstić information content (AvgIpc) is 2.67. The summed E-state index contributed by atoms with van der Waals surface area (Å²) in [5.74, 6) is -0.219. The van der Waals surface area contributed by atoms with Crippen LogP contribution in [0.3, 0.4) is 0 Å². The molecule has 2 saturated heterocycles. The first kappa shape index (κ1) is 23.1. The van der Waals surface area contributed by atoms with E-state index in [0.29, 0.717) is 39.1 Å². The van der Waals surface area contributed by atoms with E-state index in [1.165, 1.54) is 11.8 Å². The minimum Gasteiger partial charge on any atom is -0.373 e. The number of piperidine rings is 1. The van der Waals surface area contributed by atoms with E-state index in [0.717, 1.165) is 18.4 Å². The Morgan fingerprint density at radius 3 is 2.50 bits per heavy atom. The fraction of sp³-hybridized carbons (Fsp3) is 0.650. The summed E-state index contributed by atoms with van der Waals surface area (Å²) < 4.78 is 29.5. The molecule has 2 aliphatic rings. The van der Waals surface area contributed by atoms with E-state index in [4.69, 9.17) is 4.74 Å². The van der Waals surface area contributed by atoms with E-state index in [1.807, 2.05) is 6.92 Å². The second-order valence-electron chi connectivity index (χ2n) is 7.83. The van der Waals surface area contributed by atoms with Crippen LogP contribution < -0.4 is 10.6 Å². The Morgan fingerprint density at radius 1 is 1.25 bits per heavy atom. The fourth-order valence-electron chi connectivity index (χ4n) is 4.16. The van der Waals surface area contributed by atoms with Gasteiger partial charge in [0.2, 0.25) is 5.91 Å². The summed E-state index contributed by atoms with van der Waals surface area (Å²) in [5.41, 5.74) is 2.31. The molecular weight excluding hydrogens is 400 g/mol. The summed E-state index contributed by atoms with van der Waals surface area (Å²) in [6.07, 6.45) is 3.65. The molecule has 1 aromatic carbocycles. The van der Waals surface area contributed by atoms with Gasteiger partial charge < -0.3 is 15.4 Å². The molecule has 1 amide bonds. The number of rotatable bonds is 5. The lowest BCUT2D eigenvalue weighted by atomic mass is 9.88. The Balaban J connectivity index is 0.00000280. The van der Waals surface area contributed by atoms with Crippen molar-refractivity contribution in [3.63, 3.8) is 0 Å². The molecule has 2 fully saturated rings. The van der Waals surface area contributed by atoms with Gasteiger partial charge in [-0.15, -0.1) is 12.4 Å². The zero-order valence-electron chi connectivity index (χ0n) is 16.6. The van der Waals surface area contributed by atoms with Gasteiger partial charge >= 0.3 is 0 Å². The zero-order valence-corrected chi connectivity index (χ0v) is 18.2. The summed E-state index contributed by atoms with van der Waals surface area (Å²) in [6.45, 7) is 4.27. The van der Waals surface area contributed by atoms with Crippen LogP contribution in [0.5, 0.6) is 0 Å². The number of benzene rings is 1. The highest BCUT2D eigenvalue weighted by Gasteiger charge is 2.48. The first-order valence-electron chi connectivity index (χ1n) is 9.70. The maximum Gasteiger partial charge on any atom is 0.241 e. The van der Waals surface area contributed by atoms with Crippen molar-refractivity contribution in [2.75, 3.05) is 32.5 Å². The Kier molecular flexibility index (Phi) is 7.90. The minimum absolute atomic E-state index is 0. The molecule has 6 nitrogen and oxygen atoms in total. The van der Waals surface area contributed by atoms with E-state index in [9.17, 15) is 13.2 Å². The van der Waals surface area contributed by atoms with Gasteiger partial charge in [-0.3, -0.25) is 4.79 Å².